The van der Waals surface area contributed by atoms with Crippen LogP contribution in [0.1, 0.15) is 18.4 Å². The number of fused-ring (bicyclic) bond motifs is 1. The average Bonchev–Trinajstić information content (AvgIpc) is 3.15. The molecule has 1 aliphatic carbocycles. The fourth-order valence-corrected chi connectivity index (χ4v) is 3.29. The number of thiophene rings is 1. The number of anilines is 1. The number of nitrogens with one attached hydrogen (secondary N) is 2. The summed E-state index contributed by atoms with van der Waals surface area (Å²) in [5, 5.41) is 3.24. The van der Waals surface area contributed by atoms with Crippen LogP contribution in [-0.4, -0.2) is 16.0 Å². The molecular weight excluding hydrogens is 282 g/mol. The molecule has 3 aromatic rings. The zero-order chi connectivity index (χ0) is 14.4. The molecule has 4 nitrogen and oxygen atoms in total. The molecule has 106 valence electrons. The summed E-state index contributed by atoms with van der Waals surface area (Å²) in [4.78, 5) is 20.6. The lowest BCUT2D eigenvalue weighted by molar-refractivity contribution is 1.06. The maximum absolute atomic E-state index is 12.2. The highest BCUT2D eigenvalue weighted by Crippen LogP contribution is 2.31. The van der Waals surface area contributed by atoms with Crippen molar-refractivity contribution in [3.63, 3.8) is 0 Å². The summed E-state index contributed by atoms with van der Waals surface area (Å²) in [7, 11) is 0. The van der Waals surface area contributed by atoms with Gasteiger partial charge >= 0.3 is 0 Å². The van der Waals surface area contributed by atoms with E-state index in [1.165, 1.54) is 16.9 Å². The summed E-state index contributed by atoms with van der Waals surface area (Å²) >= 11 is 1.49. The van der Waals surface area contributed by atoms with E-state index < -0.39 is 0 Å². The van der Waals surface area contributed by atoms with E-state index in [-0.39, 0.29) is 5.56 Å². The van der Waals surface area contributed by atoms with Crippen molar-refractivity contribution in [2.45, 2.75) is 25.8 Å². The first kappa shape index (κ1) is 12.6. The summed E-state index contributed by atoms with van der Waals surface area (Å²) in [6.07, 6.45) is 2.31. The lowest BCUT2D eigenvalue weighted by Crippen LogP contribution is -2.13. The largest absolute Gasteiger partial charge is 0.353 e. The second kappa shape index (κ2) is 4.70. The first-order chi connectivity index (χ1) is 10.2. The van der Waals surface area contributed by atoms with Gasteiger partial charge in [0.2, 0.25) is 5.95 Å². The number of nitrogens with zero attached hydrogens (tertiary/aromatic N) is 1. The zero-order valence-corrected chi connectivity index (χ0v) is 12.5. The molecular formula is C16H15N3OS. The van der Waals surface area contributed by atoms with E-state index in [1.807, 2.05) is 6.07 Å². The monoisotopic (exact) mass is 297 g/mol. The molecule has 0 spiro atoms. The number of hydrogen-bond donors (Lipinski definition) is 2. The van der Waals surface area contributed by atoms with Gasteiger partial charge < -0.3 is 5.32 Å². The van der Waals surface area contributed by atoms with Crippen LogP contribution in [0.15, 0.2) is 35.1 Å². The van der Waals surface area contributed by atoms with Crippen molar-refractivity contribution in [3.05, 3.63) is 46.2 Å². The summed E-state index contributed by atoms with van der Waals surface area (Å²) in [5.41, 5.74) is 3.06. The molecule has 0 atom stereocenters. The smallest absolute Gasteiger partial charge is 0.270 e. The predicted molar refractivity (Wildman–Crippen MR) is 87.1 cm³/mol. The lowest BCUT2D eigenvalue weighted by atomic mass is 10.1. The van der Waals surface area contributed by atoms with Gasteiger partial charge in [0.1, 0.15) is 4.70 Å². The Labute approximate surface area is 125 Å². The Hall–Kier alpha value is -2.14. The van der Waals surface area contributed by atoms with Crippen LogP contribution in [0.5, 0.6) is 0 Å². The minimum Gasteiger partial charge on any atom is -0.353 e. The average molecular weight is 297 g/mol. The van der Waals surface area contributed by atoms with Crippen LogP contribution in [0, 0.1) is 6.92 Å². The minimum atomic E-state index is -0.0634. The molecule has 1 aromatic carbocycles. The van der Waals surface area contributed by atoms with E-state index in [1.54, 1.807) is 0 Å². The Morgan fingerprint density at radius 3 is 2.76 bits per heavy atom. The highest BCUT2D eigenvalue weighted by Gasteiger charge is 2.22. The Kier molecular flexibility index (Phi) is 2.82. The second-order valence-electron chi connectivity index (χ2n) is 5.52. The van der Waals surface area contributed by atoms with Crippen LogP contribution in [0.4, 0.5) is 5.95 Å². The van der Waals surface area contributed by atoms with Crippen molar-refractivity contribution >= 4 is 27.5 Å². The number of aromatic amines is 1. The van der Waals surface area contributed by atoms with Gasteiger partial charge in [-0.05, 0) is 31.4 Å². The molecule has 1 fully saturated rings. The molecule has 1 aliphatic rings. The van der Waals surface area contributed by atoms with Crippen LogP contribution in [0.3, 0.4) is 0 Å². The van der Waals surface area contributed by atoms with E-state index in [9.17, 15) is 4.79 Å². The first-order valence-corrected chi connectivity index (χ1v) is 7.88. The van der Waals surface area contributed by atoms with Gasteiger partial charge in [-0.1, -0.05) is 29.8 Å². The molecule has 2 aromatic heterocycles. The van der Waals surface area contributed by atoms with Crippen molar-refractivity contribution in [1.82, 2.24) is 9.97 Å². The molecule has 0 radical (unpaired) electrons. The molecule has 0 amide bonds. The molecule has 0 saturated heterocycles. The van der Waals surface area contributed by atoms with Crippen molar-refractivity contribution in [1.29, 1.82) is 0 Å². The van der Waals surface area contributed by atoms with E-state index in [4.69, 9.17) is 0 Å². The number of aromatic nitrogens is 2. The van der Waals surface area contributed by atoms with Gasteiger partial charge in [-0.2, -0.15) is 0 Å². The molecule has 4 rings (SSSR count). The van der Waals surface area contributed by atoms with E-state index in [2.05, 4.69) is 46.5 Å². The molecule has 2 N–H and O–H groups in total. The standard InChI is InChI=1S/C16H15N3OS/c1-9-2-4-10(5-3-9)13-8-12-14(21-13)15(20)19-16(18-12)17-11-6-7-11/h2-5,8,11H,6-7H2,1H3,(H2,17,18,19,20). The Morgan fingerprint density at radius 1 is 1.29 bits per heavy atom. The molecule has 2 heterocycles. The number of aryl methyl sites for hydroxylation is 1. The van der Waals surface area contributed by atoms with Gasteiger partial charge in [0.15, 0.2) is 0 Å². The van der Waals surface area contributed by atoms with Gasteiger partial charge in [0.05, 0.1) is 5.52 Å². The van der Waals surface area contributed by atoms with Crippen molar-refractivity contribution in [3.8, 4) is 10.4 Å². The van der Waals surface area contributed by atoms with Gasteiger partial charge in [-0.3, -0.25) is 9.78 Å². The van der Waals surface area contributed by atoms with Crippen LogP contribution in [0.25, 0.3) is 20.7 Å². The highest BCUT2D eigenvalue weighted by atomic mass is 32.1. The normalized spacial score (nSPS) is 14.5. The summed E-state index contributed by atoms with van der Waals surface area (Å²) < 4.78 is 0.687. The Balaban J connectivity index is 1.79. The van der Waals surface area contributed by atoms with Crippen molar-refractivity contribution < 1.29 is 0 Å². The molecule has 0 aliphatic heterocycles. The SMILES string of the molecule is Cc1ccc(-c2cc3nc(NC4CC4)[nH]c(=O)c3s2)cc1. The summed E-state index contributed by atoms with van der Waals surface area (Å²) in [5.74, 6) is 0.586. The number of H-pyrrole nitrogens is 1. The lowest BCUT2D eigenvalue weighted by Gasteiger charge is -2.01. The van der Waals surface area contributed by atoms with Gasteiger partial charge in [0, 0.05) is 10.9 Å². The summed E-state index contributed by atoms with van der Waals surface area (Å²) in [6, 6.07) is 10.8. The van der Waals surface area contributed by atoms with Gasteiger partial charge in [-0.15, -0.1) is 11.3 Å². The topological polar surface area (TPSA) is 57.8 Å². The molecule has 1 saturated carbocycles. The van der Waals surface area contributed by atoms with Gasteiger partial charge in [0.25, 0.3) is 5.56 Å². The molecule has 0 unspecified atom stereocenters. The van der Waals surface area contributed by atoms with E-state index >= 15 is 0 Å². The third kappa shape index (κ3) is 2.45. The predicted octanol–water partition coefficient (Wildman–Crippen LogP) is 3.53. The van der Waals surface area contributed by atoms with Crippen LogP contribution >= 0.6 is 11.3 Å². The van der Waals surface area contributed by atoms with E-state index in [0.717, 1.165) is 28.8 Å². The van der Waals surface area contributed by atoms with Crippen LogP contribution < -0.4 is 10.9 Å². The number of benzene rings is 1. The number of hydrogen-bond acceptors (Lipinski definition) is 4. The van der Waals surface area contributed by atoms with E-state index in [0.29, 0.717) is 16.7 Å². The Morgan fingerprint density at radius 2 is 2.05 bits per heavy atom. The molecule has 0 bridgehead atoms. The maximum Gasteiger partial charge on any atom is 0.270 e. The van der Waals surface area contributed by atoms with Crippen molar-refractivity contribution in [2.24, 2.45) is 0 Å². The fourth-order valence-electron chi connectivity index (χ4n) is 2.29. The number of rotatable bonds is 3. The van der Waals surface area contributed by atoms with Gasteiger partial charge in [-0.25, -0.2) is 4.98 Å². The zero-order valence-electron chi connectivity index (χ0n) is 11.6. The van der Waals surface area contributed by atoms with Crippen molar-refractivity contribution in [2.75, 3.05) is 5.32 Å². The quantitative estimate of drug-likeness (QED) is 0.777. The molecule has 21 heavy (non-hydrogen) atoms. The first-order valence-electron chi connectivity index (χ1n) is 7.06. The third-order valence-electron chi connectivity index (χ3n) is 3.64. The molecule has 5 heteroatoms. The van der Waals surface area contributed by atoms with Crippen LogP contribution in [0.2, 0.25) is 0 Å². The summed E-state index contributed by atoms with van der Waals surface area (Å²) in [6.45, 7) is 2.07. The minimum absolute atomic E-state index is 0.0634. The Bertz CT molecular complexity index is 859. The second-order valence-corrected chi connectivity index (χ2v) is 6.58. The fraction of sp³-hybridized carbons (Fsp3) is 0.250. The highest BCUT2D eigenvalue weighted by molar-refractivity contribution is 7.22. The van der Waals surface area contributed by atoms with Crippen LogP contribution in [-0.2, 0) is 0 Å². The maximum atomic E-state index is 12.2. The third-order valence-corrected chi connectivity index (χ3v) is 4.81.